The van der Waals surface area contributed by atoms with Crippen LogP contribution in [0.5, 0.6) is 0 Å². The maximum atomic E-state index is 12.5. The Morgan fingerprint density at radius 2 is 1.96 bits per heavy atom. The molecular weight excluding hydrogens is 338 g/mol. The second-order valence-electron chi connectivity index (χ2n) is 6.97. The minimum atomic E-state index is -0.00352. The van der Waals surface area contributed by atoms with E-state index in [1.807, 2.05) is 41.4 Å². The van der Waals surface area contributed by atoms with Gasteiger partial charge >= 0.3 is 6.03 Å². The molecule has 0 spiro atoms. The number of aromatic amines is 1. The molecule has 0 radical (unpaired) electrons. The third kappa shape index (κ3) is 4.31. The predicted molar refractivity (Wildman–Crippen MR) is 107 cm³/mol. The molecule has 27 heavy (non-hydrogen) atoms. The number of urea groups is 1. The molecule has 1 atom stereocenters. The maximum absolute atomic E-state index is 12.5. The van der Waals surface area contributed by atoms with E-state index in [4.69, 9.17) is 4.74 Å². The van der Waals surface area contributed by atoms with Crippen LogP contribution in [0.2, 0.25) is 0 Å². The minimum absolute atomic E-state index is 0.00352. The van der Waals surface area contributed by atoms with Gasteiger partial charge in [-0.25, -0.2) is 4.79 Å². The molecule has 1 unspecified atom stereocenters. The molecule has 5 nitrogen and oxygen atoms in total. The van der Waals surface area contributed by atoms with Crippen molar-refractivity contribution in [1.82, 2.24) is 15.2 Å². The first-order valence-corrected chi connectivity index (χ1v) is 9.53. The van der Waals surface area contributed by atoms with E-state index in [2.05, 4.69) is 34.6 Å². The topological polar surface area (TPSA) is 57.4 Å². The van der Waals surface area contributed by atoms with Crippen molar-refractivity contribution in [3.63, 3.8) is 0 Å². The fourth-order valence-corrected chi connectivity index (χ4v) is 3.66. The second kappa shape index (κ2) is 8.27. The summed E-state index contributed by atoms with van der Waals surface area (Å²) >= 11 is 0. The number of morpholine rings is 1. The third-order valence-electron chi connectivity index (χ3n) is 5.08. The van der Waals surface area contributed by atoms with Crippen LogP contribution in [0.25, 0.3) is 10.9 Å². The number of benzene rings is 2. The van der Waals surface area contributed by atoms with Crippen molar-refractivity contribution in [2.24, 2.45) is 0 Å². The molecule has 1 aliphatic rings. The van der Waals surface area contributed by atoms with Crippen LogP contribution in [-0.2, 0) is 17.6 Å². The second-order valence-corrected chi connectivity index (χ2v) is 6.97. The van der Waals surface area contributed by atoms with Crippen LogP contribution >= 0.6 is 0 Å². The Kier molecular flexibility index (Phi) is 5.39. The van der Waals surface area contributed by atoms with Crippen LogP contribution in [0.3, 0.4) is 0 Å². The number of nitrogens with one attached hydrogen (secondary N) is 2. The first kappa shape index (κ1) is 17.6. The smallest absolute Gasteiger partial charge is 0.317 e. The first-order valence-electron chi connectivity index (χ1n) is 9.53. The van der Waals surface area contributed by atoms with Crippen molar-refractivity contribution in [1.29, 1.82) is 0 Å². The molecule has 0 saturated carbocycles. The Morgan fingerprint density at radius 3 is 2.85 bits per heavy atom. The summed E-state index contributed by atoms with van der Waals surface area (Å²) in [6.45, 7) is 2.49. The number of amides is 2. The lowest BCUT2D eigenvalue weighted by Crippen LogP contribution is -2.50. The standard InChI is InChI=1S/C22H25N3O2/c26-22(23-11-10-18-15-24-21-9-5-4-8-20(18)21)25-12-13-27-19(16-25)14-17-6-2-1-3-7-17/h1-9,15,19,24H,10-14,16H2,(H,23,26). The molecule has 2 aromatic carbocycles. The molecule has 2 N–H and O–H groups in total. The molecule has 2 amide bonds. The quantitative estimate of drug-likeness (QED) is 0.730. The summed E-state index contributed by atoms with van der Waals surface area (Å²) in [5, 5.41) is 4.28. The normalized spacial score (nSPS) is 17.2. The van der Waals surface area contributed by atoms with Crippen LogP contribution < -0.4 is 5.32 Å². The fourth-order valence-electron chi connectivity index (χ4n) is 3.66. The molecule has 1 fully saturated rings. The number of carbonyl (C=O) groups is 1. The zero-order valence-electron chi connectivity index (χ0n) is 15.4. The third-order valence-corrected chi connectivity index (χ3v) is 5.08. The molecule has 3 aromatic rings. The van der Waals surface area contributed by atoms with Crippen molar-refractivity contribution < 1.29 is 9.53 Å². The summed E-state index contributed by atoms with van der Waals surface area (Å²) in [7, 11) is 0. The van der Waals surface area contributed by atoms with Crippen molar-refractivity contribution in [3.05, 3.63) is 71.9 Å². The first-order chi connectivity index (χ1) is 13.3. The molecule has 4 rings (SSSR count). The summed E-state index contributed by atoms with van der Waals surface area (Å²) in [5.74, 6) is 0. The van der Waals surface area contributed by atoms with Crippen molar-refractivity contribution in [3.8, 4) is 0 Å². The van der Waals surface area contributed by atoms with Gasteiger partial charge in [0.05, 0.1) is 12.7 Å². The van der Waals surface area contributed by atoms with E-state index < -0.39 is 0 Å². The Bertz CT molecular complexity index is 891. The van der Waals surface area contributed by atoms with Gasteiger partial charge in [-0.3, -0.25) is 0 Å². The molecule has 2 heterocycles. The van der Waals surface area contributed by atoms with Crippen LogP contribution in [0, 0.1) is 0 Å². The average Bonchev–Trinajstić information content (AvgIpc) is 3.12. The number of para-hydroxylation sites is 1. The fraction of sp³-hybridized carbons (Fsp3) is 0.318. The van der Waals surface area contributed by atoms with Gasteiger partial charge in [0, 0.05) is 43.2 Å². The van der Waals surface area contributed by atoms with E-state index in [9.17, 15) is 4.79 Å². The molecule has 1 saturated heterocycles. The van der Waals surface area contributed by atoms with Crippen molar-refractivity contribution >= 4 is 16.9 Å². The van der Waals surface area contributed by atoms with Gasteiger partial charge in [-0.05, 0) is 23.6 Å². The number of H-pyrrole nitrogens is 1. The van der Waals surface area contributed by atoms with Gasteiger partial charge < -0.3 is 19.9 Å². The van der Waals surface area contributed by atoms with Gasteiger partial charge in [0.25, 0.3) is 0 Å². The zero-order valence-corrected chi connectivity index (χ0v) is 15.4. The van der Waals surface area contributed by atoms with Gasteiger partial charge in [0.2, 0.25) is 0 Å². The monoisotopic (exact) mass is 363 g/mol. The van der Waals surface area contributed by atoms with Gasteiger partial charge in [-0.15, -0.1) is 0 Å². The van der Waals surface area contributed by atoms with Crippen molar-refractivity contribution in [2.75, 3.05) is 26.2 Å². The lowest BCUT2D eigenvalue weighted by atomic mass is 10.1. The summed E-state index contributed by atoms with van der Waals surface area (Å²) in [6.07, 6.45) is 3.73. The number of hydrogen-bond donors (Lipinski definition) is 2. The average molecular weight is 363 g/mol. The van der Waals surface area contributed by atoms with Gasteiger partial charge in [-0.1, -0.05) is 48.5 Å². The summed E-state index contributed by atoms with van der Waals surface area (Å²) in [4.78, 5) is 17.7. The minimum Gasteiger partial charge on any atom is -0.374 e. The highest BCUT2D eigenvalue weighted by Gasteiger charge is 2.24. The Balaban J connectivity index is 1.27. The van der Waals surface area contributed by atoms with Gasteiger partial charge in [0.15, 0.2) is 0 Å². The van der Waals surface area contributed by atoms with Crippen LogP contribution in [0.4, 0.5) is 4.79 Å². The van der Waals surface area contributed by atoms with Crippen molar-refractivity contribution in [2.45, 2.75) is 18.9 Å². The number of hydrogen-bond acceptors (Lipinski definition) is 2. The zero-order chi connectivity index (χ0) is 18.5. The molecule has 5 heteroatoms. The molecule has 0 aliphatic carbocycles. The lowest BCUT2D eigenvalue weighted by molar-refractivity contribution is -0.0132. The molecule has 1 aromatic heterocycles. The summed E-state index contributed by atoms with van der Waals surface area (Å²) < 4.78 is 5.85. The van der Waals surface area contributed by atoms with Gasteiger partial charge in [0.1, 0.15) is 0 Å². The summed E-state index contributed by atoms with van der Waals surface area (Å²) in [5.41, 5.74) is 3.61. The Morgan fingerprint density at radius 1 is 1.15 bits per heavy atom. The number of nitrogens with zero attached hydrogens (tertiary/aromatic N) is 1. The Hall–Kier alpha value is -2.79. The van der Waals surface area contributed by atoms with E-state index in [1.165, 1.54) is 16.5 Å². The van der Waals surface area contributed by atoms with Gasteiger partial charge in [-0.2, -0.15) is 0 Å². The van der Waals surface area contributed by atoms with E-state index in [1.54, 1.807) is 0 Å². The Labute approximate surface area is 159 Å². The van der Waals surface area contributed by atoms with E-state index in [0.717, 1.165) is 18.4 Å². The maximum Gasteiger partial charge on any atom is 0.317 e. The number of ether oxygens (including phenoxy) is 1. The predicted octanol–water partition coefficient (Wildman–Crippen LogP) is 3.36. The number of carbonyl (C=O) groups excluding carboxylic acids is 1. The highest BCUT2D eigenvalue weighted by Crippen LogP contribution is 2.18. The van der Waals surface area contributed by atoms with Crippen LogP contribution in [-0.4, -0.2) is 48.3 Å². The van der Waals surface area contributed by atoms with Crippen LogP contribution in [0.1, 0.15) is 11.1 Å². The number of fused-ring (bicyclic) bond motifs is 1. The molecular formula is C22H25N3O2. The largest absolute Gasteiger partial charge is 0.374 e. The molecule has 0 bridgehead atoms. The van der Waals surface area contributed by atoms with E-state index in [-0.39, 0.29) is 12.1 Å². The highest BCUT2D eigenvalue weighted by molar-refractivity contribution is 5.83. The van der Waals surface area contributed by atoms with E-state index >= 15 is 0 Å². The molecule has 1 aliphatic heterocycles. The lowest BCUT2D eigenvalue weighted by Gasteiger charge is -2.33. The number of aromatic nitrogens is 1. The highest BCUT2D eigenvalue weighted by atomic mass is 16.5. The SMILES string of the molecule is O=C(NCCc1c[nH]c2ccccc12)N1CCOC(Cc2ccccc2)C1. The summed E-state index contributed by atoms with van der Waals surface area (Å²) in [6, 6.07) is 18.5. The van der Waals surface area contributed by atoms with Crippen LogP contribution in [0.15, 0.2) is 60.8 Å². The number of rotatable bonds is 5. The molecule has 140 valence electrons. The van der Waals surface area contributed by atoms with E-state index in [0.29, 0.717) is 26.2 Å².